The Bertz CT molecular complexity index is 210. The summed E-state index contributed by atoms with van der Waals surface area (Å²) in [6.07, 6.45) is 6.01. The summed E-state index contributed by atoms with van der Waals surface area (Å²) in [5.41, 5.74) is 0.0826. The predicted octanol–water partition coefficient (Wildman–Crippen LogP) is 2.11. The fourth-order valence-electron chi connectivity index (χ4n) is 2.62. The summed E-state index contributed by atoms with van der Waals surface area (Å²) in [6, 6.07) is -0.141. The lowest BCUT2D eigenvalue weighted by atomic mass is 9.70. The van der Waals surface area contributed by atoms with Gasteiger partial charge in [0, 0.05) is 0 Å². The molecule has 0 aliphatic heterocycles. The van der Waals surface area contributed by atoms with E-state index >= 15 is 0 Å². The number of likely N-dealkylation sites (N-methyl/N-ethyl adjacent to an activating group) is 1. The molecule has 0 bridgehead atoms. The third-order valence-corrected chi connectivity index (χ3v) is 3.50. The number of carbonyl (C=O) groups excluding carboxylic acids is 1. The molecule has 1 atom stereocenters. The zero-order valence-electron chi connectivity index (χ0n) is 10.1. The fourth-order valence-corrected chi connectivity index (χ4v) is 2.62. The molecule has 1 aliphatic carbocycles. The maximum atomic E-state index is 11.8. The minimum absolute atomic E-state index is 0.0826. The van der Waals surface area contributed by atoms with E-state index in [2.05, 4.69) is 12.2 Å². The average molecular weight is 213 g/mol. The van der Waals surface area contributed by atoms with Gasteiger partial charge in [0.05, 0.1) is 6.61 Å². The summed E-state index contributed by atoms with van der Waals surface area (Å²) in [5, 5.41) is 3.12. The third kappa shape index (κ3) is 2.94. The van der Waals surface area contributed by atoms with E-state index in [-0.39, 0.29) is 17.4 Å². The van der Waals surface area contributed by atoms with Crippen molar-refractivity contribution >= 4 is 5.97 Å². The molecule has 1 rings (SSSR count). The standard InChI is InChI=1S/C12H23NO2/c1-4-15-11(14)10(13-3)12(2)8-6-5-7-9-12/h10,13H,4-9H2,1-3H3. The van der Waals surface area contributed by atoms with Crippen LogP contribution in [0.5, 0.6) is 0 Å². The maximum absolute atomic E-state index is 11.8. The van der Waals surface area contributed by atoms with Gasteiger partial charge in [0.2, 0.25) is 0 Å². The molecular weight excluding hydrogens is 190 g/mol. The molecule has 1 saturated carbocycles. The van der Waals surface area contributed by atoms with Gasteiger partial charge in [-0.2, -0.15) is 0 Å². The number of esters is 1. The Labute approximate surface area is 92.6 Å². The number of nitrogens with one attached hydrogen (secondary N) is 1. The molecule has 3 heteroatoms. The molecule has 0 aromatic rings. The first-order valence-corrected chi connectivity index (χ1v) is 5.98. The van der Waals surface area contributed by atoms with E-state index in [9.17, 15) is 4.79 Å². The molecule has 15 heavy (non-hydrogen) atoms. The van der Waals surface area contributed by atoms with Gasteiger partial charge in [0.25, 0.3) is 0 Å². The van der Waals surface area contributed by atoms with E-state index in [1.165, 1.54) is 19.3 Å². The van der Waals surface area contributed by atoms with Crippen molar-refractivity contribution in [1.29, 1.82) is 0 Å². The second-order valence-electron chi connectivity index (χ2n) is 4.69. The highest BCUT2D eigenvalue weighted by molar-refractivity contribution is 5.76. The monoisotopic (exact) mass is 213 g/mol. The van der Waals surface area contributed by atoms with Crippen LogP contribution in [0.25, 0.3) is 0 Å². The van der Waals surface area contributed by atoms with Crippen LogP contribution in [0.4, 0.5) is 0 Å². The highest BCUT2D eigenvalue weighted by Gasteiger charge is 2.39. The van der Waals surface area contributed by atoms with Crippen molar-refractivity contribution in [3.05, 3.63) is 0 Å². The van der Waals surface area contributed by atoms with Crippen molar-refractivity contribution in [2.45, 2.75) is 52.0 Å². The molecule has 0 aromatic carbocycles. The van der Waals surface area contributed by atoms with Gasteiger partial charge in [-0.1, -0.05) is 26.2 Å². The van der Waals surface area contributed by atoms with Gasteiger partial charge in [-0.15, -0.1) is 0 Å². The Morgan fingerprint density at radius 2 is 2.00 bits per heavy atom. The van der Waals surface area contributed by atoms with E-state index in [1.807, 2.05) is 14.0 Å². The lowest BCUT2D eigenvalue weighted by Gasteiger charge is -2.39. The summed E-state index contributed by atoms with van der Waals surface area (Å²) in [4.78, 5) is 11.8. The first-order chi connectivity index (χ1) is 7.14. The zero-order chi connectivity index (χ0) is 11.3. The summed E-state index contributed by atoms with van der Waals surface area (Å²) in [7, 11) is 1.85. The van der Waals surface area contributed by atoms with Crippen molar-refractivity contribution in [3.8, 4) is 0 Å². The lowest BCUT2D eigenvalue weighted by molar-refractivity contribution is -0.149. The molecule has 0 amide bonds. The van der Waals surface area contributed by atoms with Crippen molar-refractivity contribution < 1.29 is 9.53 Å². The number of rotatable bonds is 4. The van der Waals surface area contributed by atoms with Gasteiger partial charge in [-0.3, -0.25) is 4.79 Å². The van der Waals surface area contributed by atoms with Crippen LogP contribution in [-0.4, -0.2) is 25.7 Å². The van der Waals surface area contributed by atoms with Crippen LogP contribution in [0.3, 0.4) is 0 Å². The van der Waals surface area contributed by atoms with E-state index in [4.69, 9.17) is 4.74 Å². The minimum Gasteiger partial charge on any atom is -0.465 e. The first kappa shape index (κ1) is 12.5. The molecule has 0 spiro atoms. The van der Waals surface area contributed by atoms with Crippen LogP contribution >= 0.6 is 0 Å². The number of ether oxygens (including phenoxy) is 1. The molecular formula is C12H23NO2. The Hall–Kier alpha value is -0.570. The second-order valence-corrected chi connectivity index (χ2v) is 4.69. The third-order valence-electron chi connectivity index (χ3n) is 3.50. The Morgan fingerprint density at radius 1 is 1.40 bits per heavy atom. The van der Waals surface area contributed by atoms with Crippen LogP contribution < -0.4 is 5.32 Å². The fraction of sp³-hybridized carbons (Fsp3) is 0.917. The van der Waals surface area contributed by atoms with Gasteiger partial charge in [-0.05, 0) is 32.2 Å². The van der Waals surface area contributed by atoms with Crippen molar-refractivity contribution in [1.82, 2.24) is 5.32 Å². The van der Waals surface area contributed by atoms with Gasteiger partial charge in [0.1, 0.15) is 6.04 Å². The quantitative estimate of drug-likeness (QED) is 0.727. The van der Waals surface area contributed by atoms with Gasteiger partial charge in [0.15, 0.2) is 0 Å². The molecule has 0 heterocycles. The maximum Gasteiger partial charge on any atom is 0.323 e. The minimum atomic E-state index is -0.141. The summed E-state index contributed by atoms with van der Waals surface area (Å²) in [6.45, 7) is 4.52. The average Bonchev–Trinajstić information content (AvgIpc) is 2.19. The van der Waals surface area contributed by atoms with Crippen LogP contribution in [0, 0.1) is 5.41 Å². The van der Waals surface area contributed by atoms with E-state index in [1.54, 1.807) is 0 Å². The van der Waals surface area contributed by atoms with E-state index in [0.29, 0.717) is 6.61 Å². The summed E-state index contributed by atoms with van der Waals surface area (Å²) in [5.74, 6) is -0.0931. The smallest absolute Gasteiger partial charge is 0.323 e. The van der Waals surface area contributed by atoms with Crippen LogP contribution in [0.15, 0.2) is 0 Å². The molecule has 0 aromatic heterocycles. The molecule has 1 fully saturated rings. The molecule has 1 N–H and O–H groups in total. The Balaban J connectivity index is 2.66. The van der Waals surface area contributed by atoms with E-state index < -0.39 is 0 Å². The van der Waals surface area contributed by atoms with Gasteiger partial charge < -0.3 is 10.1 Å². The number of carbonyl (C=O) groups is 1. The van der Waals surface area contributed by atoms with Crippen molar-refractivity contribution in [2.75, 3.05) is 13.7 Å². The normalized spacial score (nSPS) is 22.1. The highest BCUT2D eigenvalue weighted by Crippen LogP contribution is 2.39. The van der Waals surface area contributed by atoms with Crippen molar-refractivity contribution in [2.24, 2.45) is 5.41 Å². The molecule has 88 valence electrons. The topological polar surface area (TPSA) is 38.3 Å². The second kappa shape index (κ2) is 5.50. The number of hydrogen-bond donors (Lipinski definition) is 1. The molecule has 1 unspecified atom stereocenters. The molecule has 1 aliphatic rings. The highest BCUT2D eigenvalue weighted by atomic mass is 16.5. The summed E-state index contributed by atoms with van der Waals surface area (Å²) >= 11 is 0. The Kier molecular flexibility index (Phi) is 4.58. The first-order valence-electron chi connectivity index (χ1n) is 5.98. The number of hydrogen-bond acceptors (Lipinski definition) is 3. The predicted molar refractivity (Wildman–Crippen MR) is 60.7 cm³/mol. The SMILES string of the molecule is CCOC(=O)C(NC)C1(C)CCCCC1. The van der Waals surface area contributed by atoms with Crippen LogP contribution in [0.2, 0.25) is 0 Å². The Morgan fingerprint density at radius 3 is 2.47 bits per heavy atom. The van der Waals surface area contributed by atoms with Crippen molar-refractivity contribution in [3.63, 3.8) is 0 Å². The molecule has 0 radical (unpaired) electrons. The van der Waals surface area contributed by atoms with Gasteiger partial charge in [-0.25, -0.2) is 0 Å². The van der Waals surface area contributed by atoms with Crippen LogP contribution in [0.1, 0.15) is 46.0 Å². The van der Waals surface area contributed by atoms with Gasteiger partial charge >= 0.3 is 5.97 Å². The zero-order valence-corrected chi connectivity index (χ0v) is 10.1. The largest absolute Gasteiger partial charge is 0.465 e. The molecule has 3 nitrogen and oxygen atoms in total. The molecule has 0 saturated heterocycles. The van der Waals surface area contributed by atoms with Crippen LogP contribution in [-0.2, 0) is 9.53 Å². The van der Waals surface area contributed by atoms with E-state index in [0.717, 1.165) is 12.8 Å². The lowest BCUT2D eigenvalue weighted by Crippen LogP contribution is -2.49. The summed E-state index contributed by atoms with van der Waals surface area (Å²) < 4.78 is 5.11.